The molecule has 1 saturated heterocycles. The summed E-state index contributed by atoms with van der Waals surface area (Å²) in [5.74, 6) is 0.445. The third-order valence-electron chi connectivity index (χ3n) is 8.65. The number of nitrogens with zero attached hydrogens (tertiary/aromatic N) is 2. The van der Waals surface area contributed by atoms with Crippen molar-refractivity contribution in [3.63, 3.8) is 0 Å². The highest BCUT2D eigenvalue weighted by molar-refractivity contribution is 7.98. The lowest BCUT2D eigenvalue weighted by Crippen LogP contribution is -2.45. The van der Waals surface area contributed by atoms with Crippen molar-refractivity contribution in [3.05, 3.63) is 63.2 Å². The van der Waals surface area contributed by atoms with Crippen molar-refractivity contribution < 1.29 is 9.53 Å². The van der Waals surface area contributed by atoms with Crippen LogP contribution in [0.5, 0.6) is 0 Å². The summed E-state index contributed by atoms with van der Waals surface area (Å²) in [6.45, 7) is 10.3. The Morgan fingerprint density at radius 3 is 2.58 bits per heavy atom. The number of para-hydroxylation sites is 1. The molecule has 3 aromatic rings. The summed E-state index contributed by atoms with van der Waals surface area (Å²) in [6, 6.07) is 11.2. The third kappa shape index (κ3) is 5.31. The molecular formula is C30H40N4O3S. The second-order valence-electron chi connectivity index (χ2n) is 10.8. The summed E-state index contributed by atoms with van der Waals surface area (Å²) in [5, 5.41) is 4.03. The van der Waals surface area contributed by atoms with E-state index in [4.69, 9.17) is 4.74 Å². The smallest absolute Gasteiger partial charge is 0.254 e. The van der Waals surface area contributed by atoms with Gasteiger partial charge in [0.2, 0.25) is 0 Å². The number of amides is 1. The summed E-state index contributed by atoms with van der Waals surface area (Å²) in [7, 11) is 0. The van der Waals surface area contributed by atoms with Crippen LogP contribution in [-0.2, 0) is 11.3 Å². The number of fused-ring (bicyclic) bond motifs is 1. The number of carbonyl (C=O) groups is 1. The van der Waals surface area contributed by atoms with E-state index in [-0.39, 0.29) is 18.0 Å². The average Bonchev–Trinajstić information content (AvgIpc) is 3.23. The van der Waals surface area contributed by atoms with Gasteiger partial charge in [0, 0.05) is 64.5 Å². The minimum absolute atomic E-state index is 0.132. The number of aryl methyl sites for hydroxylation is 1. The van der Waals surface area contributed by atoms with Crippen molar-refractivity contribution in [1.82, 2.24) is 19.8 Å². The Bertz CT molecular complexity index is 1350. The maximum atomic E-state index is 13.6. The number of ether oxygens (including phenoxy) is 1. The molecule has 0 bridgehead atoms. The van der Waals surface area contributed by atoms with Gasteiger partial charge in [0.15, 0.2) is 0 Å². The Kier molecular flexibility index (Phi) is 8.31. The highest BCUT2D eigenvalue weighted by Gasteiger charge is 2.32. The van der Waals surface area contributed by atoms with Crippen molar-refractivity contribution in [2.45, 2.75) is 70.0 Å². The maximum absolute atomic E-state index is 13.6. The Hall–Kier alpha value is -2.55. The zero-order valence-electron chi connectivity index (χ0n) is 23.0. The summed E-state index contributed by atoms with van der Waals surface area (Å²) in [5.41, 5.74) is 4.09. The molecule has 204 valence electrons. The molecule has 1 atom stereocenters. The molecular weight excluding hydrogens is 496 g/mol. The van der Waals surface area contributed by atoms with Crippen LogP contribution in [0.3, 0.4) is 0 Å². The van der Waals surface area contributed by atoms with Gasteiger partial charge in [0.25, 0.3) is 11.5 Å². The molecule has 1 saturated carbocycles. The second kappa shape index (κ2) is 11.7. The summed E-state index contributed by atoms with van der Waals surface area (Å²) in [4.78, 5) is 32.6. The number of carbonyl (C=O) groups excluding carboxylic acids is 1. The molecule has 2 aromatic heterocycles. The van der Waals surface area contributed by atoms with E-state index in [0.717, 1.165) is 53.5 Å². The third-order valence-corrected chi connectivity index (χ3v) is 9.46. The molecule has 1 aromatic carbocycles. The fourth-order valence-corrected chi connectivity index (χ4v) is 7.30. The molecule has 1 amide bonds. The molecule has 0 unspecified atom stereocenters. The molecule has 0 radical (unpaired) electrons. The van der Waals surface area contributed by atoms with E-state index in [1.807, 2.05) is 31.4 Å². The Labute approximate surface area is 229 Å². The zero-order chi connectivity index (χ0) is 26.8. The van der Waals surface area contributed by atoms with Gasteiger partial charge in [-0.3, -0.25) is 14.5 Å². The molecule has 38 heavy (non-hydrogen) atoms. The first-order valence-electron chi connectivity index (χ1n) is 13.8. The van der Waals surface area contributed by atoms with Crippen LogP contribution in [0.2, 0.25) is 0 Å². The topological polar surface area (TPSA) is 79.4 Å². The van der Waals surface area contributed by atoms with E-state index < -0.39 is 0 Å². The SMILES string of the molecule is CSc1cc(C)[nH]c(=O)c1CNC(=O)c1c(C)n([C@H](C)C2CCC(N3CCOCC3)CC2)c2ccccc12. The van der Waals surface area contributed by atoms with E-state index in [9.17, 15) is 9.59 Å². The van der Waals surface area contributed by atoms with Crippen molar-refractivity contribution >= 4 is 28.6 Å². The summed E-state index contributed by atoms with van der Waals surface area (Å²) >= 11 is 1.53. The minimum Gasteiger partial charge on any atom is -0.379 e. The van der Waals surface area contributed by atoms with Gasteiger partial charge in [0.05, 0.1) is 18.8 Å². The number of nitrogens with one attached hydrogen (secondary N) is 2. The van der Waals surface area contributed by atoms with Gasteiger partial charge < -0.3 is 19.6 Å². The van der Waals surface area contributed by atoms with Crippen LogP contribution in [0.1, 0.15) is 66.0 Å². The van der Waals surface area contributed by atoms with Gasteiger partial charge in [-0.1, -0.05) is 18.2 Å². The number of hydrogen-bond donors (Lipinski definition) is 2. The molecule has 8 heteroatoms. The van der Waals surface area contributed by atoms with E-state index in [1.165, 1.54) is 37.4 Å². The monoisotopic (exact) mass is 536 g/mol. The predicted octanol–water partition coefficient (Wildman–Crippen LogP) is 5.05. The molecule has 7 nitrogen and oxygen atoms in total. The molecule has 5 rings (SSSR count). The van der Waals surface area contributed by atoms with Crippen LogP contribution >= 0.6 is 11.8 Å². The van der Waals surface area contributed by atoms with Crippen LogP contribution in [-0.4, -0.2) is 59.0 Å². The van der Waals surface area contributed by atoms with E-state index in [2.05, 4.69) is 45.7 Å². The number of rotatable bonds is 7. The van der Waals surface area contributed by atoms with Crippen molar-refractivity contribution in [2.75, 3.05) is 32.6 Å². The van der Waals surface area contributed by atoms with Crippen molar-refractivity contribution in [3.8, 4) is 0 Å². The number of pyridine rings is 1. The lowest BCUT2D eigenvalue weighted by atomic mass is 9.81. The first-order valence-corrected chi connectivity index (χ1v) is 15.1. The molecule has 0 spiro atoms. The molecule has 1 aliphatic carbocycles. The summed E-state index contributed by atoms with van der Waals surface area (Å²) in [6.07, 6.45) is 6.80. The fourth-order valence-electron chi connectivity index (χ4n) is 6.60. The highest BCUT2D eigenvalue weighted by atomic mass is 32.2. The maximum Gasteiger partial charge on any atom is 0.254 e. The lowest BCUT2D eigenvalue weighted by Gasteiger charge is -2.40. The van der Waals surface area contributed by atoms with Gasteiger partial charge in [-0.25, -0.2) is 0 Å². The van der Waals surface area contributed by atoms with Gasteiger partial charge in [-0.2, -0.15) is 0 Å². The van der Waals surface area contributed by atoms with Crippen LogP contribution in [0, 0.1) is 19.8 Å². The Balaban J connectivity index is 1.36. The largest absolute Gasteiger partial charge is 0.379 e. The number of H-pyrrole nitrogens is 1. The number of benzene rings is 1. The Morgan fingerprint density at radius 2 is 1.87 bits per heavy atom. The highest BCUT2D eigenvalue weighted by Crippen LogP contribution is 2.39. The van der Waals surface area contributed by atoms with Gasteiger partial charge in [-0.15, -0.1) is 11.8 Å². The molecule has 3 heterocycles. The van der Waals surface area contributed by atoms with Gasteiger partial charge >= 0.3 is 0 Å². The quantitative estimate of drug-likeness (QED) is 0.413. The van der Waals surface area contributed by atoms with Crippen LogP contribution < -0.4 is 10.9 Å². The van der Waals surface area contributed by atoms with E-state index in [1.54, 1.807) is 0 Å². The summed E-state index contributed by atoms with van der Waals surface area (Å²) < 4.78 is 7.94. The average molecular weight is 537 g/mol. The minimum atomic E-state index is -0.143. The first kappa shape index (κ1) is 27.0. The van der Waals surface area contributed by atoms with Crippen molar-refractivity contribution in [2.24, 2.45) is 5.92 Å². The number of aromatic amines is 1. The normalized spacial score (nSPS) is 21.5. The molecule has 2 fully saturated rings. The van der Waals surface area contributed by atoms with E-state index >= 15 is 0 Å². The van der Waals surface area contributed by atoms with Crippen LogP contribution in [0.25, 0.3) is 10.9 Å². The Morgan fingerprint density at radius 1 is 1.16 bits per heavy atom. The van der Waals surface area contributed by atoms with Gasteiger partial charge in [-0.05, 0) is 70.8 Å². The first-order chi connectivity index (χ1) is 18.4. The number of thioether (sulfide) groups is 1. The number of morpholine rings is 1. The van der Waals surface area contributed by atoms with E-state index in [0.29, 0.717) is 29.1 Å². The number of hydrogen-bond acceptors (Lipinski definition) is 5. The molecule has 2 N–H and O–H groups in total. The van der Waals surface area contributed by atoms with Crippen LogP contribution in [0.15, 0.2) is 40.0 Å². The fraction of sp³-hybridized carbons (Fsp3) is 0.533. The lowest BCUT2D eigenvalue weighted by molar-refractivity contribution is 0.00305. The standard InChI is InChI=1S/C30H40N4O3S/c1-19-17-27(38-4)25(29(35)32-19)18-31-30(36)28-21(3)34(26-8-6-5-7-24(26)28)20(2)22-9-11-23(12-10-22)33-13-15-37-16-14-33/h5-8,17,20,22-23H,9-16,18H2,1-4H3,(H,31,36)(H,32,35)/t20-,22?,23?/m1/s1. The van der Waals surface area contributed by atoms with Crippen LogP contribution in [0.4, 0.5) is 0 Å². The molecule has 1 aliphatic heterocycles. The number of aromatic nitrogens is 2. The second-order valence-corrected chi connectivity index (χ2v) is 11.7. The zero-order valence-corrected chi connectivity index (χ0v) is 23.8. The van der Waals surface area contributed by atoms with Gasteiger partial charge in [0.1, 0.15) is 0 Å². The predicted molar refractivity (Wildman–Crippen MR) is 154 cm³/mol. The van der Waals surface area contributed by atoms with Crippen molar-refractivity contribution in [1.29, 1.82) is 0 Å². The molecule has 2 aliphatic rings.